The van der Waals surface area contributed by atoms with Crippen molar-refractivity contribution in [3.8, 4) is 5.75 Å². The van der Waals surface area contributed by atoms with Gasteiger partial charge in [-0.15, -0.1) is 13.2 Å². The molecule has 0 atom stereocenters. The number of alkyl halides is 6. The summed E-state index contributed by atoms with van der Waals surface area (Å²) in [5.41, 5.74) is -1.27. The van der Waals surface area contributed by atoms with Crippen molar-refractivity contribution >= 4 is 11.0 Å². The quantitative estimate of drug-likeness (QED) is 0.814. The zero-order valence-electron chi connectivity index (χ0n) is 8.66. The Kier molecular flexibility index (Phi) is 2.83. The topological polar surface area (TPSA) is 37.9 Å². The van der Waals surface area contributed by atoms with Gasteiger partial charge in [-0.1, -0.05) is 0 Å². The summed E-state index contributed by atoms with van der Waals surface area (Å²) < 4.78 is 89.5. The Bertz CT molecular complexity index is 613. The van der Waals surface area contributed by atoms with E-state index >= 15 is 0 Å². The molecule has 10 heteroatoms. The van der Waals surface area contributed by atoms with Crippen molar-refractivity contribution in [2.75, 3.05) is 0 Å². The first kappa shape index (κ1) is 13.4. The molecule has 0 unspecified atom stereocenters. The molecular weight excluding hydrogens is 285 g/mol. The van der Waals surface area contributed by atoms with Gasteiger partial charge in [0.25, 0.3) is 0 Å². The van der Waals surface area contributed by atoms with E-state index in [1.807, 2.05) is 0 Å². The van der Waals surface area contributed by atoms with Gasteiger partial charge in [-0.2, -0.15) is 13.2 Å². The fraction of sp³-hybridized carbons (Fsp3) is 0.222. The number of aromatic nitrogens is 2. The highest BCUT2D eigenvalue weighted by atomic mass is 19.4. The number of nitrogens with one attached hydrogen (secondary N) is 1. The Morgan fingerprint density at radius 3 is 2.21 bits per heavy atom. The molecule has 0 saturated carbocycles. The lowest BCUT2D eigenvalue weighted by atomic mass is 10.3. The van der Waals surface area contributed by atoms with Crippen molar-refractivity contribution in [1.29, 1.82) is 0 Å². The summed E-state index contributed by atoms with van der Waals surface area (Å²) in [4.78, 5) is 4.62. The molecule has 0 bridgehead atoms. The zero-order chi connectivity index (χ0) is 14.4. The second-order valence-electron chi connectivity index (χ2n) is 3.40. The zero-order valence-corrected chi connectivity index (χ0v) is 8.66. The first-order valence-electron chi connectivity index (χ1n) is 4.59. The van der Waals surface area contributed by atoms with Gasteiger partial charge in [0, 0.05) is 0 Å². The molecule has 2 rings (SSSR count). The number of aromatic amines is 1. The third-order valence-electron chi connectivity index (χ3n) is 2.05. The molecule has 1 aromatic heterocycles. The number of hydrogen-bond acceptors (Lipinski definition) is 2. The molecule has 1 N–H and O–H groups in total. The van der Waals surface area contributed by atoms with Gasteiger partial charge in [-0.05, 0) is 12.1 Å². The number of nitrogens with zero attached hydrogens (tertiary/aromatic N) is 1. The second kappa shape index (κ2) is 4.00. The average Bonchev–Trinajstić information content (AvgIpc) is 2.64. The predicted molar refractivity (Wildman–Crippen MR) is 47.7 cm³/mol. The molecule has 0 fully saturated rings. The van der Waals surface area contributed by atoms with Crippen molar-refractivity contribution in [1.82, 2.24) is 9.97 Å². The normalized spacial score (nSPS) is 13.0. The van der Waals surface area contributed by atoms with Crippen LogP contribution >= 0.6 is 0 Å². The van der Waals surface area contributed by atoms with Crippen LogP contribution in [0.3, 0.4) is 0 Å². The summed E-state index contributed by atoms with van der Waals surface area (Å²) in [6.07, 6.45) is -10.0. The predicted octanol–water partition coefficient (Wildman–Crippen LogP) is 3.62. The molecule has 1 heterocycles. The lowest BCUT2D eigenvalue weighted by molar-refractivity contribution is -0.275. The minimum absolute atomic E-state index is 0.389. The minimum Gasteiger partial charge on any atom is -0.403 e. The van der Waals surface area contributed by atoms with Crippen LogP contribution in [0.15, 0.2) is 12.1 Å². The first-order valence-corrected chi connectivity index (χ1v) is 4.59. The SMILES string of the molecule is Fc1c(OC(F)(F)F)ccc2[nH]c(C(F)(F)F)nc12. The summed E-state index contributed by atoms with van der Waals surface area (Å²) in [6.45, 7) is 0. The smallest absolute Gasteiger partial charge is 0.403 e. The minimum atomic E-state index is -5.16. The van der Waals surface area contributed by atoms with Crippen LogP contribution in [0.1, 0.15) is 5.82 Å². The maximum absolute atomic E-state index is 13.5. The van der Waals surface area contributed by atoms with Crippen LogP contribution in [0.5, 0.6) is 5.75 Å². The number of fused-ring (bicyclic) bond motifs is 1. The Hall–Kier alpha value is -2.00. The Morgan fingerprint density at radius 2 is 1.68 bits per heavy atom. The summed E-state index contributed by atoms with van der Waals surface area (Å²) in [6, 6.07) is 1.37. The number of imidazole rings is 1. The van der Waals surface area contributed by atoms with E-state index in [1.165, 1.54) is 0 Å². The molecule has 2 aromatic rings. The van der Waals surface area contributed by atoms with E-state index in [9.17, 15) is 30.7 Å². The molecule has 104 valence electrons. The Labute approximate surface area is 99.5 Å². The maximum atomic E-state index is 13.5. The van der Waals surface area contributed by atoms with Gasteiger partial charge in [-0.3, -0.25) is 0 Å². The summed E-state index contributed by atoms with van der Waals surface area (Å²) in [7, 11) is 0. The number of rotatable bonds is 1. The fourth-order valence-corrected chi connectivity index (χ4v) is 1.36. The van der Waals surface area contributed by atoms with Crippen LogP contribution in [0.2, 0.25) is 0 Å². The molecule has 0 amide bonds. The van der Waals surface area contributed by atoms with Crippen LogP contribution in [0, 0.1) is 5.82 Å². The van der Waals surface area contributed by atoms with Gasteiger partial charge in [0.15, 0.2) is 11.6 Å². The molecule has 0 radical (unpaired) electrons. The van der Waals surface area contributed by atoms with Crippen LogP contribution in [0.25, 0.3) is 11.0 Å². The first-order chi connectivity index (χ1) is 8.58. The lowest BCUT2D eigenvalue weighted by Gasteiger charge is -2.09. The lowest BCUT2D eigenvalue weighted by Crippen LogP contribution is -2.18. The van der Waals surface area contributed by atoms with Gasteiger partial charge in [0.1, 0.15) is 5.52 Å². The van der Waals surface area contributed by atoms with Crippen molar-refractivity contribution in [3.05, 3.63) is 23.8 Å². The van der Waals surface area contributed by atoms with Crippen LogP contribution in [-0.4, -0.2) is 16.3 Å². The number of hydrogen-bond donors (Lipinski definition) is 1. The molecule has 0 aliphatic heterocycles. The second-order valence-corrected chi connectivity index (χ2v) is 3.40. The van der Waals surface area contributed by atoms with E-state index in [0.717, 1.165) is 6.07 Å². The third kappa shape index (κ3) is 2.71. The Morgan fingerprint density at radius 1 is 1.05 bits per heavy atom. The molecule has 0 aliphatic carbocycles. The standard InChI is InChI=1S/C9H3F7N2O/c10-5-4(19-9(14,15)16)2-1-3-6(5)18-7(17-3)8(11,12)13/h1-2H,(H,17,18). The van der Waals surface area contributed by atoms with Gasteiger partial charge in [-0.25, -0.2) is 9.37 Å². The van der Waals surface area contributed by atoms with E-state index in [4.69, 9.17) is 0 Å². The van der Waals surface area contributed by atoms with Crippen molar-refractivity contribution < 1.29 is 35.5 Å². The van der Waals surface area contributed by atoms with Crippen molar-refractivity contribution in [3.63, 3.8) is 0 Å². The highest BCUT2D eigenvalue weighted by molar-refractivity contribution is 5.77. The van der Waals surface area contributed by atoms with Gasteiger partial charge >= 0.3 is 12.5 Å². The van der Waals surface area contributed by atoms with Crippen LogP contribution in [0.4, 0.5) is 30.7 Å². The van der Waals surface area contributed by atoms with E-state index in [2.05, 4.69) is 9.72 Å². The molecule has 0 saturated heterocycles. The van der Waals surface area contributed by atoms with Crippen LogP contribution < -0.4 is 4.74 Å². The molecule has 3 nitrogen and oxygen atoms in total. The van der Waals surface area contributed by atoms with E-state index in [-0.39, 0.29) is 5.52 Å². The summed E-state index contributed by atoms with van der Waals surface area (Å²) >= 11 is 0. The molecule has 0 spiro atoms. The summed E-state index contributed by atoms with van der Waals surface area (Å²) in [5, 5.41) is 0. The number of H-pyrrole nitrogens is 1. The number of ether oxygens (including phenoxy) is 1. The Balaban J connectivity index is 2.53. The fourth-order valence-electron chi connectivity index (χ4n) is 1.36. The largest absolute Gasteiger partial charge is 0.573 e. The number of halogens is 7. The monoisotopic (exact) mass is 288 g/mol. The highest BCUT2D eigenvalue weighted by Gasteiger charge is 2.36. The van der Waals surface area contributed by atoms with Crippen molar-refractivity contribution in [2.45, 2.75) is 12.5 Å². The average molecular weight is 288 g/mol. The molecule has 0 aliphatic rings. The third-order valence-corrected chi connectivity index (χ3v) is 2.05. The van der Waals surface area contributed by atoms with E-state index in [0.29, 0.717) is 6.07 Å². The van der Waals surface area contributed by atoms with E-state index < -0.39 is 35.4 Å². The molecular formula is C9H3F7N2O. The van der Waals surface area contributed by atoms with Gasteiger partial charge in [0.2, 0.25) is 5.82 Å². The van der Waals surface area contributed by atoms with Gasteiger partial charge < -0.3 is 9.72 Å². The van der Waals surface area contributed by atoms with E-state index in [1.54, 1.807) is 4.98 Å². The molecule has 19 heavy (non-hydrogen) atoms. The maximum Gasteiger partial charge on any atom is 0.573 e. The number of benzene rings is 1. The van der Waals surface area contributed by atoms with Crippen LogP contribution in [-0.2, 0) is 6.18 Å². The highest BCUT2D eigenvalue weighted by Crippen LogP contribution is 2.33. The molecule has 1 aromatic carbocycles. The summed E-state index contributed by atoms with van der Waals surface area (Å²) in [5.74, 6) is -4.38. The van der Waals surface area contributed by atoms with Crippen molar-refractivity contribution in [2.24, 2.45) is 0 Å². The van der Waals surface area contributed by atoms with Gasteiger partial charge in [0.05, 0.1) is 5.52 Å².